The fourth-order valence-corrected chi connectivity index (χ4v) is 3.24. The number of allylic oxidation sites excluding steroid dienone is 2. The van der Waals surface area contributed by atoms with Gasteiger partial charge in [0.05, 0.1) is 0 Å². The summed E-state index contributed by atoms with van der Waals surface area (Å²) in [7, 11) is 0. The molecular weight excluding hydrogens is 322 g/mol. The predicted molar refractivity (Wildman–Crippen MR) is 108 cm³/mol. The van der Waals surface area contributed by atoms with Crippen LogP contribution in [0, 0.1) is 6.92 Å². The highest BCUT2D eigenvalue weighted by molar-refractivity contribution is 5.78. The second kappa shape index (κ2) is 11.7. The van der Waals surface area contributed by atoms with E-state index in [0.29, 0.717) is 11.7 Å². The van der Waals surface area contributed by atoms with Gasteiger partial charge in [0.2, 0.25) is 0 Å². The zero-order valence-electron chi connectivity index (χ0n) is 16.4. The van der Waals surface area contributed by atoms with Gasteiger partial charge in [0.1, 0.15) is 11.3 Å². The molecule has 1 aromatic carbocycles. The van der Waals surface area contributed by atoms with Crippen LogP contribution in [0.2, 0.25) is 0 Å². The van der Waals surface area contributed by atoms with Gasteiger partial charge in [0.25, 0.3) is 0 Å². The fourth-order valence-electron chi connectivity index (χ4n) is 3.24. The van der Waals surface area contributed by atoms with Gasteiger partial charge in [-0.3, -0.25) is 4.79 Å². The molecule has 0 saturated carbocycles. The van der Waals surface area contributed by atoms with Crippen molar-refractivity contribution in [3.63, 3.8) is 0 Å². The maximum Gasteiger partial charge on any atom is 0.192 e. The van der Waals surface area contributed by atoms with Gasteiger partial charge in [-0.25, -0.2) is 4.98 Å². The molecule has 0 aliphatic rings. The van der Waals surface area contributed by atoms with Crippen LogP contribution in [0.3, 0.4) is 0 Å². The first-order valence-electron chi connectivity index (χ1n) is 10.2. The van der Waals surface area contributed by atoms with Crippen LogP contribution in [0.5, 0.6) is 0 Å². The number of carbonyl (C=O) groups excluding carboxylic acids is 1. The molecule has 0 spiro atoms. The Labute approximate surface area is 157 Å². The number of hydrogen-bond donors (Lipinski definition) is 0. The molecule has 3 heteroatoms. The average molecular weight is 356 g/mol. The highest BCUT2D eigenvalue weighted by Crippen LogP contribution is 2.18. The molecule has 1 aromatic heterocycles. The fraction of sp³-hybridized carbons (Fsp3) is 0.565. The summed E-state index contributed by atoms with van der Waals surface area (Å²) < 4.78 is 5.50. The van der Waals surface area contributed by atoms with E-state index in [9.17, 15) is 4.79 Å². The Bertz CT molecular complexity index is 699. The van der Waals surface area contributed by atoms with Crippen LogP contribution in [0.1, 0.15) is 82.6 Å². The van der Waals surface area contributed by atoms with Gasteiger partial charge in [0, 0.05) is 19.8 Å². The van der Waals surface area contributed by atoms with Gasteiger partial charge in [-0.05, 0) is 62.6 Å². The van der Waals surface area contributed by atoms with Crippen LogP contribution in [0.4, 0.5) is 0 Å². The zero-order chi connectivity index (χ0) is 18.6. The third kappa shape index (κ3) is 7.55. The molecule has 0 bridgehead atoms. The van der Waals surface area contributed by atoms with Crippen LogP contribution in [0.25, 0.3) is 11.1 Å². The van der Waals surface area contributed by atoms with E-state index < -0.39 is 0 Å². The lowest BCUT2D eigenvalue weighted by molar-refractivity contribution is -0.119. The summed E-state index contributed by atoms with van der Waals surface area (Å²) in [4.78, 5) is 16.3. The van der Waals surface area contributed by atoms with Gasteiger partial charge in [-0.2, -0.15) is 0 Å². The van der Waals surface area contributed by atoms with Crippen LogP contribution in [-0.4, -0.2) is 10.8 Å². The van der Waals surface area contributed by atoms with Crippen molar-refractivity contribution >= 4 is 16.9 Å². The first-order chi connectivity index (χ1) is 12.7. The largest absolute Gasteiger partial charge is 0.441 e. The van der Waals surface area contributed by atoms with E-state index in [1.165, 1.54) is 31.2 Å². The van der Waals surface area contributed by atoms with Crippen molar-refractivity contribution in [1.29, 1.82) is 0 Å². The Hall–Kier alpha value is -1.90. The minimum atomic E-state index is 0.429. The number of aromatic nitrogens is 1. The van der Waals surface area contributed by atoms with Crippen LogP contribution in [0.15, 0.2) is 34.8 Å². The molecule has 2 aromatic rings. The number of hydrogen-bond acceptors (Lipinski definition) is 3. The summed E-state index contributed by atoms with van der Waals surface area (Å²) in [5.74, 6) is 1.14. The van der Waals surface area contributed by atoms with E-state index in [2.05, 4.69) is 36.2 Å². The number of benzene rings is 1. The normalized spacial score (nSPS) is 11.6. The van der Waals surface area contributed by atoms with Crippen molar-refractivity contribution in [3.8, 4) is 0 Å². The summed E-state index contributed by atoms with van der Waals surface area (Å²) in [5, 5.41) is 0. The summed E-state index contributed by atoms with van der Waals surface area (Å²) in [6, 6.07) is 6.20. The van der Waals surface area contributed by atoms with Crippen molar-refractivity contribution < 1.29 is 9.21 Å². The lowest BCUT2D eigenvalue weighted by atomic mass is 10.0. The Morgan fingerprint density at radius 1 is 1.04 bits per heavy atom. The molecular formula is C23H33NO2. The number of nitrogens with zero attached hydrogens (tertiary/aromatic N) is 1. The monoisotopic (exact) mass is 355 g/mol. The van der Waals surface area contributed by atoms with Crippen molar-refractivity contribution in [3.05, 3.63) is 41.8 Å². The summed E-state index contributed by atoms with van der Waals surface area (Å²) in [6.07, 6.45) is 16.1. The zero-order valence-corrected chi connectivity index (χ0v) is 16.4. The van der Waals surface area contributed by atoms with Crippen LogP contribution in [-0.2, 0) is 11.2 Å². The van der Waals surface area contributed by atoms with E-state index in [1.54, 1.807) is 0 Å². The van der Waals surface area contributed by atoms with E-state index in [1.807, 2.05) is 13.0 Å². The Morgan fingerprint density at radius 3 is 2.62 bits per heavy atom. The molecule has 26 heavy (non-hydrogen) atoms. The van der Waals surface area contributed by atoms with Gasteiger partial charge >= 0.3 is 0 Å². The SMILES string of the molecule is CCC=CCCCCCCC(=O)CCCCc1ccc2oc(C)nc2c1. The van der Waals surface area contributed by atoms with Crippen molar-refractivity contribution in [2.24, 2.45) is 0 Å². The van der Waals surface area contributed by atoms with Gasteiger partial charge in [-0.1, -0.05) is 38.0 Å². The third-order valence-electron chi connectivity index (χ3n) is 4.71. The molecule has 0 fully saturated rings. The molecule has 0 saturated heterocycles. The predicted octanol–water partition coefficient (Wildman–Crippen LogP) is 6.72. The number of fused-ring (bicyclic) bond motifs is 1. The van der Waals surface area contributed by atoms with E-state index >= 15 is 0 Å². The number of Topliss-reactive ketones (excluding diaryl/α,β-unsaturated/α-hetero) is 1. The second-order valence-corrected chi connectivity index (χ2v) is 7.11. The lowest BCUT2D eigenvalue weighted by Gasteiger charge is -2.03. The first-order valence-corrected chi connectivity index (χ1v) is 10.2. The quantitative estimate of drug-likeness (QED) is 0.296. The molecule has 0 unspecified atom stereocenters. The van der Waals surface area contributed by atoms with Gasteiger partial charge < -0.3 is 4.42 Å². The second-order valence-electron chi connectivity index (χ2n) is 7.11. The first kappa shape index (κ1) is 20.4. The molecule has 3 nitrogen and oxygen atoms in total. The lowest BCUT2D eigenvalue weighted by Crippen LogP contribution is -1.98. The summed E-state index contributed by atoms with van der Waals surface area (Å²) >= 11 is 0. The number of aryl methyl sites for hydroxylation is 2. The number of oxazole rings is 1. The van der Waals surface area contributed by atoms with Crippen molar-refractivity contribution in [1.82, 2.24) is 4.98 Å². The molecule has 0 amide bonds. The average Bonchev–Trinajstić information content (AvgIpc) is 3.00. The number of rotatable bonds is 13. The van der Waals surface area contributed by atoms with Crippen molar-refractivity contribution in [2.45, 2.75) is 84.5 Å². The molecule has 1 heterocycles. The molecule has 0 radical (unpaired) electrons. The van der Waals surface area contributed by atoms with Gasteiger partial charge in [0.15, 0.2) is 11.5 Å². The van der Waals surface area contributed by atoms with Crippen LogP contribution >= 0.6 is 0 Å². The number of ketones is 1. The smallest absolute Gasteiger partial charge is 0.192 e. The topological polar surface area (TPSA) is 43.1 Å². The van der Waals surface area contributed by atoms with Gasteiger partial charge in [-0.15, -0.1) is 0 Å². The minimum absolute atomic E-state index is 0.429. The Morgan fingerprint density at radius 2 is 1.81 bits per heavy atom. The molecule has 0 atom stereocenters. The van der Waals surface area contributed by atoms with E-state index in [4.69, 9.17) is 4.42 Å². The third-order valence-corrected chi connectivity index (χ3v) is 4.71. The molecule has 0 aliphatic carbocycles. The Balaban J connectivity index is 1.52. The summed E-state index contributed by atoms with van der Waals surface area (Å²) in [6.45, 7) is 4.03. The molecule has 0 aliphatic heterocycles. The summed E-state index contributed by atoms with van der Waals surface area (Å²) in [5.41, 5.74) is 3.06. The number of unbranched alkanes of at least 4 members (excludes halogenated alkanes) is 5. The van der Waals surface area contributed by atoms with E-state index in [0.717, 1.165) is 56.0 Å². The highest BCUT2D eigenvalue weighted by atomic mass is 16.3. The maximum absolute atomic E-state index is 12.0. The Kier molecular flexibility index (Phi) is 9.16. The van der Waals surface area contributed by atoms with E-state index in [-0.39, 0.29) is 0 Å². The molecule has 142 valence electrons. The molecule has 2 rings (SSSR count). The highest BCUT2D eigenvalue weighted by Gasteiger charge is 2.05. The number of carbonyl (C=O) groups is 1. The standard InChI is InChI=1S/C23H33NO2/c1-3-4-5-6-7-8-9-10-14-21(25)15-12-11-13-20-16-17-23-22(18-20)24-19(2)26-23/h4-5,16-18H,3,6-15H2,1-2H3. The van der Waals surface area contributed by atoms with Crippen LogP contribution < -0.4 is 0 Å². The van der Waals surface area contributed by atoms with Crippen molar-refractivity contribution in [2.75, 3.05) is 0 Å². The molecule has 0 N–H and O–H groups in total. The maximum atomic E-state index is 12.0. The minimum Gasteiger partial charge on any atom is -0.441 e.